The molecule has 3 aromatic rings. The first-order chi connectivity index (χ1) is 15.2. The van der Waals surface area contributed by atoms with E-state index < -0.39 is 6.10 Å². The molecule has 1 unspecified atom stereocenters. The van der Waals surface area contributed by atoms with Crippen molar-refractivity contribution in [1.82, 2.24) is 0 Å². The van der Waals surface area contributed by atoms with E-state index in [4.69, 9.17) is 4.74 Å². The maximum atomic E-state index is 10.9. The minimum atomic E-state index is -0.516. The van der Waals surface area contributed by atoms with Crippen molar-refractivity contribution in [1.29, 1.82) is 0 Å². The number of aryl methyl sites for hydroxylation is 1. The van der Waals surface area contributed by atoms with Crippen LogP contribution in [0.4, 0.5) is 0 Å². The summed E-state index contributed by atoms with van der Waals surface area (Å²) in [6.45, 7) is 8.22. The summed E-state index contributed by atoms with van der Waals surface area (Å²) >= 11 is 0. The molecular weight excluding hydrogens is 382 g/mol. The molecule has 0 spiro atoms. The van der Waals surface area contributed by atoms with Crippen LogP contribution in [0.3, 0.4) is 0 Å². The van der Waals surface area contributed by atoms with Crippen molar-refractivity contribution in [2.45, 2.75) is 38.5 Å². The summed E-state index contributed by atoms with van der Waals surface area (Å²) in [5, 5.41) is 10.9. The molecule has 0 amide bonds. The van der Waals surface area contributed by atoms with Gasteiger partial charge in [-0.1, -0.05) is 79.4 Å². The Morgan fingerprint density at radius 1 is 0.903 bits per heavy atom. The van der Waals surface area contributed by atoms with Crippen LogP contribution in [0.1, 0.15) is 36.1 Å². The lowest BCUT2D eigenvalue weighted by Crippen LogP contribution is -3.15. The van der Waals surface area contributed by atoms with Crippen molar-refractivity contribution >= 4 is 0 Å². The molecule has 0 heterocycles. The lowest BCUT2D eigenvalue weighted by Gasteiger charge is -2.27. The Labute approximate surface area is 186 Å². The first-order valence-corrected chi connectivity index (χ1v) is 11.1. The van der Waals surface area contributed by atoms with Gasteiger partial charge in [0.05, 0.1) is 12.6 Å². The molecule has 0 aromatic heterocycles. The number of nitrogens with one attached hydrogen (secondary N) is 1. The van der Waals surface area contributed by atoms with Crippen LogP contribution >= 0.6 is 0 Å². The molecule has 31 heavy (non-hydrogen) atoms. The van der Waals surface area contributed by atoms with Crippen LogP contribution in [0.15, 0.2) is 97.6 Å². The molecular formula is C28H34NO2+. The monoisotopic (exact) mass is 416 g/mol. The first-order valence-electron chi connectivity index (χ1n) is 11.1. The Morgan fingerprint density at radius 3 is 2.13 bits per heavy atom. The van der Waals surface area contributed by atoms with Crippen LogP contribution in [0.5, 0.6) is 5.75 Å². The molecule has 3 rings (SSSR count). The zero-order valence-electron chi connectivity index (χ0n) is 18.4. The number of ether oxygens (including phenoxy) is 1. The maximum Gasteiger partial charge on any atom is 0.128 e. The minimum Gasteiger partial charge on any atom is -0.489 e. The van der Waals surface area contributed by atoms with Gasteiger partial charge in [0.15, 0.2) is 0 Å². The van der Waals surface area contributed by atoms with Crippen LogP contribution in [0.2, 0.25) is 0 Å². The van der Waals surface area contributed by atoms with Crippen molar-refractivity contribution in [2.75, 3.05) is 13.1 Å². The molecule has 0 bridgehead atoms. The predicted octanol–water partition coefficient (Wildman–Crippen LogP) is 4.39. The molecule has 0 saturated heterocycles. The zero-order valence-corrected chi connectivity index (χ0v) is 18.4. The average molecular weight is 417 g/mol. The highest BCUT2D eigenvalue weighted by atomic mass is 16.5. The highest BCUT2D eigenvalue weighted by Crippen LogP contribution is 2.18. The summed E-state index contributed by atoms with van der Waals surface area (Å²) in [6.07, 6.45) is 3.55. The number of hydrogen-bond donors (Lipinski definition) is 2. The largest absolute Gasteiger partial charge is 0.489 e. The van der Waals surface area contributed by atoms with Gasteiger partial charge < -0.3 is 14.7 Å². The second kappa shape index (κ2) is 12.1. The highest BCUT2D eigenvalue weighted by molar-refractivity contribution is 5.29. The third-order valence-electron chi connectivity index (χ3n) is 5.78. The molecule has 3 atom stereocenters. The first kappa shape index (κ1) is 22.8. The number of aliphatic hydroxyl groups is 1. The summed E-state index contributed by atoms with van der Waals surface area (Å²) in [5.41, 5.74) is 3.42. The van der Waals surface area contributed by atoms with Crippen molar-refractivity contribution in [3.8, 4) is 5.75 Å². The van der Waals surface area contributed by atoms with Gasteiger partial charge in [0.25, 0.3) is 0 Å². The molecule has 3 heteroatoms. The molecule has 0 radical (unpaired) electrons. The van der Waals surface area contributed by atoms with Crippen molar-refractivity contribution < 1.29 is 14.7 Å². The second-order valence-electron chi connectivity index (χ2n) is 8.14. The minimum absolute atomic E-state index is 0.432. The lowest BCUT2D eigenvalue weighted by atomic mass is 10.0. The van der Waals surface area contributed by atoms with E-state index in [1.165, 1.54) is 10.5 Å². The number of aliphatic hydroxyl groups excluding tert-OH is 1. The third-order valence-corrected chi connectivity index (χ3v) is 5.78. The van der Waals surface area contributed by atoms with Crippen molar-refractivity contribution in [3.63, 3.8) is 0 Å². The molecule has 0 aliphatic carbocycles. The van der Waals surface area contributed by atoms with E-state index in [9.17, 15) is 5.11 Å². The normalized spacial score (nSPS) is 13.9. The molecule has 0 aliphatic rings. The topological polar surface area (TPSA) is 33.9 Å². The van der Waals surface area contributed by atoms with Crippen LogP contribution in [0.25, 0.3) is 0 Å². The van der Waals surface area contributed by atoms with Crippen molar-refractivity contribution in [2.24, 2.45) is 0 Å². The van der Waals surface area contributed by atoms with E-state index in [1.807, 2.05) is 60.7 Å². The average Bonchev–Trinajstić information content (AvgIpc) is 2.82. The molecule has 3 aromatic carbocycles. The summed E-state index contributed by atoms with van der Waals surface area (Å²) in [6, 6.07) is 28.9. The van der Waals surface area contributed by atoms with Gasteiger partial charge >= 0.3 is 0 Å². The molecule has 0 aliphatic heterocycles. The Hall–Kier alpha value is -2.88. The smallest absolute Gasteiger partial charge is 0.128 e. The van der Waals surface area contributed by atoms with Gasteiger partial charge in [0.1, 0.15) is 25.0 Å². The van der Waals surface area contributed by atoms with Crippen LogP contribution in [-0.4, -0.2) is 24.2 Å². The van der Waals surface area contributed by atoms with E-state index in [-0.39, 0.29) is 0 Å². The standard InChI is InChI=1S/C28H33NO2/c1-3-20-29(23(2)14-15-24-10-6-4-7-11-24)21-28(30)26-16-18-27(19-17-26)31-22-25-12-8-5-9-13-25/h3-13,16-19,23,28,30H,1,14-15,20-22H2,2H3/p+1/t23-,28+/m0/s1. The van der Waals surface area contributed by atoms with Crippen molar-refractivity contribution in [3.05, 3.63) is 114 Å². The van der Waals surface area contributed by atoms with Gasteiger partial charge in [-0.05, 0) is 48.2 Å². The Bertz CT molecular complexity index is 893. The fraction of sp³-hybridized carbons (Fsp3) is 0.286. The SMILES string of the molecule is C=CC[NH+](C[C@@H](O)c1ccc(OCc2ccccc2)cc1)[C@@H](C)CCc1ccccc1. The Morgan fingerprint density at radius 2 is 1.52 bits per heavy atom. The fourth-order valence-corrected chi connectivity index (χ4v) is 3.80. The summed E-state index contributed by atoms with van der Waals surface area (Å²) in [4.78, 5) is 1.35. The summed E-state index contributed by atoms with van der Waals surface area (Å²) < 4.78 is 5.86. The fourth-order valence-electron chi connectivity index (χ4n) is 3.80. The second-order valence-corrected chi connectivity index (χ2v) is 8.14. The lowest BCUT2D eigenvalue weighted by molar-refractivity contribution is -0.921. The maximum absolute atomic E-state index is 10.9. The Kier molecular flexibility index (Phi) is 8.89. The summed E-state index contributed by atoms with van der Waals surface area (Å²) in [7, 11) is 0. The number of quaternary nitrogens is 1. The number of rotatable bonds is 12. The van der Waals surface area contributed by atoms with Crippen LogP contribution in [0, 0.1) is 0 Å². The molecule has 2 N–H and O–H groups in total. The van der Waals surface area contributed by atoms with Gasteiger partial charge in [-0.2, -0.15) is 0 Å². The molecule has 162 valence electrons. The van der Waals surface area contributed by atoms with E-state index in [1.54, 1.807) is 0 Å². The number of hydrogen-bond acceptors (Lipinski definition) is 2. The van der Waals surface area contributed by atoms with Gasteiger partial charge in [-0.25, -0.2) is 0 Å². The Balaban J connectivity index is 1.53. The van der Waals surface area contributed by atoms with Gasteiger partial charge in [-0.15, -0.1) is 0 Å². The zero-order chi connectivity index (χ0) is 21.9. The van der Waals surface area contributed by atoms with Crippen LogP contribution in [-0.2, 0) is 13.0 Å². The van der Waals surface area contributed by atoms with E-state index in [0.717, 1.165) is 36.3 Å². The highest BCUT2D eigenvalue weighted by Gasteiger charge is 2.21. The van der Waals surface area contributed by atoms with E-state index >= 15 is 0 Å². The number of benzene rings is 3. The van der Waals surface area contributed by atoms with Crippen LogP contribution < -0.4 is 9.64 Å². The van der Waals surface area contributed by atoms with Gasteiger partial charge in [0.2, 0.25) is 0 Å². The predicted molar refractivity (Wildman–Crippen MR) is 127 cm³/mol. The van der Waals surface area contributed by atoms with Gasteiger partial charge in [0, 0.05) is 6.42 Å². The summed E-state index contributed by atoms with van der Waals surface area (Å²) in [5.74, 6) is 0.811. The quantitative estimate of drug-likeness (QED) is 0.429. The molecule has 3 nitrogen and oxygen atoms in total. The van der Waals surface area contributed by atoms with E-state index in [0.29, 0.717) is 19.2 Å². The molecule has 0 fully saturated rings. The van der Waals surface area contributed by atoms with E-state index in [2.05, 4.69) is 43.8 Å². The third kappa shape index (κ3) is 7.39. The molecule has 0 saturated carbocycles. The van der Waals surface area contributed by atoms with Gasteiger partial charge in [-0.3, -0.25) is 0 Å².